The zero-order chi connectivity index (χ0) is 13.8. The quantitative estimate of drug-likeness (QED) is 0.760. The maximum absolute atomic E-state index is 6.11. The molecule has 1 aromatic carbocycles. The molecule has 2 nitrogen and oxygen atoms in total. The monoisotopic (exact) mass is 262 g/mol. The normalized spacial score (nSPS) is 24.2. The van der Waals surface area contributed by atoms with Gasteiger partial charge in [-0.2, -0.15) is 0 Å². The minimum absolute atomic E-state index is 0.360. The van der Waals surface area contributed by atoms with Gasteiger partial charge in [-0.15, -0.1) is 0 Å². The first-order valence-electron chi connectivity index (χ1n) is 7.48. The van der Waals surface area contributed by atoms with Crippen molar-refractivity contribution in [1.29, 1.82) is 0 Å². The molecule has 19 heavy (non-hydrogen) atoms. The van der Waals surface area contributed by atoms with E-state index in [0.29, 0.717) is 12.0 Å². The fraction of sp³-hybridized carbons (Fsp3) is 0.647. The van der Waals surface area contributed by atoms with Crippen LogP contribution in [0.5, 0.6) is 11.5 Å². The highest BCUT2D eigenvalue weighted by Gasteiger charge is 2.23. The van der Waals surface area contributed by atoms with Crippen LogP contribution < -0.4 is 9.47 Å². The smallest absolute Gasteiger partial charge is 0.161 e. The first kappa shape index (κ1) is 14.2. The van der Waals surface area contributed by atoms with E-state index in [1.165, 1.54) is 12.0 Å². The molecule has 2 heteroatoms. The number of hydrogen-bond acceptors (Lipinski definition) is 2. The average Bonchev–Trinajstić information content (AvgIpc) is 2.83. The first-order valence-corrected chi connectivity index (χ1v) is 7.48. The van der Waals surface area contributed by atoms with Crippen molar-refractivity contribution >= 4 is 0 Å². The van der Waals surface area contributed by atoms with Gasteiger partial charge in [0.15, 0.2) is 11.5 Å². The lowest BCUT2D eigenvalue weighted by atomic mass is 9.98. The van der Waals surface area contributed by atoms with Gasteiger partial charge in [-0.1, -0.05) is 26.8 Å². The SMILES string of the molecule is CCC(C)c1ccc(OC2CCC(C)C2)c(OC)c1. The number of methoxy groups -OCH3 is 1. The van der Waals surface area contributed by atoms with Crippen LogP contribution in [0.25, 0.3) is 0 Å². The van der Waals surface area contributed by atoms with Crippen LogP contribution in [0.4, 0.5) is 0 Å². The van der Waals surface area contributed by atoms with Gasteiger partial charge in [-0.3, -0.25) is 0 Å². The van der Waals surface area contributed by atoms with Crippen molar-refractivity contribution < 1.29 is 9.47 Å². The predicted octanol–water partition coefficient (Wildman–Crippen LogP) is 4.78. The van der Waals surface area contributed by atoms with Gasteiger partial charge in [0.25, 0.3) is 0 Å². The Morgan fingerprint density at radius 2 is 2.05 bits per heavy atom. The molecule has 1 aromatic rings. The van der Waals surface area contributed by atoms with Gasteiger partial charge in [0.2, 0.25) is 0 Å². The van der Waals surface area contributed by atoms with Gasteiger partial charge in [-0.05, 0) is 55.2 Å². The lowest BCUT2D eigenvalue weighted by Gasteiger charge is -2.18. The predicted molar refractivity (Wildman–Crippen MR) is 79.1 cm³/mol. The largest absolute Gasteiger partial charge is 0.493 e. The Morgan fingerprint density at radius 3 is 2.63 bits per heavy atom. The highest BCUT2D eigenvalue weighted by atomic mass is 16.5. The molecule has 1 aliphatic carbocycles. The molecule has 106 valence electrons. The Morgan fingerprint density at radius 1 is 1.26 bits per heavy atom. The van der Waals surface area contributed by atoms with E-state index in [9.17, 15) is 0 Å². The standard InChI is InChI=1S/C17H26O2/c1-5-13(3)14-7-9-16(17(11-14)18-4)19-15-8-6-12(2)10-15/h7,9,11-13,15H,5-6,8,10H2,1-4H3. The van der Waals surface area contributed by atoms with E-state index < -0.39 is 0 Å². The topological polar surface area (TPSA) is 18.5 Å². The molecule has 0 heterocycles. The summed E-state index contributed by atoms with van der Waals surface area (Å²) in [5, 5.41) is 0. The maximum Gasteiger partial charge on any atom is 0.161 e. The third-order valence-corrected chi connectivity index (χ3v) is 4.31. The van der Waals surface area contributed by atoms with Gasteiger partial charge < -0.3 is 9.47 Å². The van der Waals surface area contributed by atoms with Crippen LogP contribution in [-0.4, -0.2) is 13.2 Å². The summed E-state index contributed by atoms with van der Waals surface area (Å²) in [5.74, 6) is 3.12. The summed E-state index contributed by atoms with van der Waals surface area (Å²) in [4.78, 5) is 0. The minimum Gasteiger partial charge on any atom is -0.493 e. The van der Waals surface area contributed by atoms with Crippen LogP contribution in [-0.2, 0) is 0 Å². The summed E-state index contributed by atoms with van der Waals surface area (Å²) in [6, 6.07) is 6.37. The van der Waals surface area contributed by atoms with Gasteiger partial charge in [0.1, 0.15) is 0 Å². The Kier molecular flexibility index (Phi) is 4.73. The molecule has 1 aliphatic rings. The molecule has 0 aliphatic heterocycles. The van der Waals surface area contributed by atoms with Gasteiger partial charge in [0.05, 0.1) is 13.2 Å². The molecule has 1 fully saturated rings. The molecule has 2 rings (SSSR count). The molecule has 0 radical (unpaired) electrons. The van der Waals surface area contributed by atoms with Crippen molar-refractivity contribution in [2.45, 2.75) is 58.5 Å². The van der Waals surface area contributed by atoms with Crippen molar-refractivity contribution in [1.82, 2.24) is 0 Å². The molecule has 0 bridgehead atoms. The van der Waals surface area contributed by atoms with Gasteiger partial charge in [-0.25, -0.2) is 0 Å². The molecule has 0 amide bonds. The van der Waals surface area contributed by atoms with E-state index in [2.05, 4.69) is 39.0 Å². The van der Waals surface area contributed by atoms with Crippen LogP contribution in [0, 0.1) is 5.92 Å². The third-order valence-electron chi connectivity index (χ3n) is 4.31. The van der Waals surface area contributed by atoms with Crippen molar-refractivity contribution in [3.63, 3.8) is 0 Å². The zero-order valence-electron chi connectivity index (χ0n) is 12.6. The third kappa shape index (κ3) is 3.43. The lowest BCUT2D eigenvalue weighted by molar-refractivity contribution is 0.196. The van der Waals surface area contributed by atoms with Crippen molar-refractivity contribution in [2.75, 3.05) is 7.11 Å². The maximum atomic E-state index is 6.11. The fourth-order valence-corrected chi connectivity index (χ4v) is 2.77. The molecular weight excluding hydrogens is 236 g/mol. The van der Waals surface area contributed by atoms with E-state index in [1.807, 2.05) is 0 Å². The molecule has 0 N–H and O–H groups in total. The highest BCUT2D eigenvalue weighted by molar-refractivity contribution is 5.44. The van der Waals surface area contributed by atoms with E-state index >= 15 is 0 Å². The van der Waals surface area contributed by atoms with Crippen LogP contribution in [0.1, 0.15) is 57.9 Å². The summed E-state index contributed by atoms with van der Waals surface area (Å²) in [6.07, 6.45) is 5.10. The number of rotatable bonds is 5. The van der Waals surface area contributed by atoms with Gasteiger partial charge >= 0.3 is 0 Å². The Balaban J connectivity index is 2.12. The van der Waals surface area contributed by atoms with Crippen LogP contribution in [0.2, 0.25) is 0 Å². The average molecular weight is 262 g/mol. The molecule has 0 saturated heterocycles. The van der Waals surface area contributed by atoms with E-state index in [-0.39, 0.29) is 0 Å². The summed E-state index contributed by atoms with van der Waals surface area (Å²) in [7, 11) is 1.72. The number of hydrogen-bond donors (Lipinski definition) is 0. The Hall–Kier alpha value is -1.18. The fourth-order valence-electron chi connectivity index (χ4n) is 2.77. The summed E-state index contributed by atoms with van der Waals surface area (Å²) in [5.41, 5.74) is 1.33. The van der Waals surface area contributed by atoms with E-state index in [1.54, 1.807) is 7.11 Å². The Bertz CT molecular complexity index is 414. The van der Waals surface area contributed by atoms with Crippen molar-refractivity contribution in [3.8, 4) is 11.5 Å². The zero-order valence-corrected chi connectivity index (χ0v) is 12.6. The minimum atomic E-state index is 0.360. The Labute approximate surface area is 117 Å². The molecular formula is C17H26O2. The molecule has 0 spiro atoms. The highest BCUT2D eigenvalue weighted by Crippen LogP contribution is 2.35. The summed E-state index contributed by atoms with van der Waals surface area (Å²) < 4.78 is 11.6. The number of ether oxygens (including phenoxy) is 2. The first-order chi connectivity index (χ1) is 9.13. The lowest BCUT2D eigenvalue weighted by Crippen LogP contribution is -2.12. The molecule has 0 aromatic heterocycles. The summed E-state index contributed by atoms with van der Waals surface area (Å²) in [6.45, 7) is 6.75. The molecule has 3 unspecified atom stereocenters. The second-order valence-electron chi connectivity index (χ2n) is 5.88. The number of benzene rings is 1. The van der Waals surface area contributed by atoms with Crippen LogP contribution >= 0.6 is 0 Å². The van der Waals surface area contributed by atoms with Crippen molar-refractivity contribution in [2.24, 2.45) is 5.92 Å². The second-order valence-corrected chi connectivity index (χ2v) is 5.88. The van der Waals surface area contributed by atoms with Gasteiger partial charge in [0, 0.05) is 0 Å². The van der Waals surface area contributed by atoms with Crippen molar-refractivity contribution in [3.05, 3.63) is 23.8 Å². The second kappa shape index (κ2) is 6.31. The van der Waals surface area contributed by atoms with Crippen LogP contribution in [0.15, 0.2) is 18.2 Å². The van der Waals surface area contributed by atoms with E-state index in [4.69, 9.17) is 9.47 Å². The molecule has 3 atom stereocenters. The summed E-state index contributed by atoms with van der Waals surface area (Å²) >= 11 is 0. The van der Waals surface area contributed by atoms with E-state index in [0.717, 1.165) is 36.7 Å². The molecule has 1 saturated carbocycles. The van der Waals surface area contributed by atoms with Crippen LogP contribution in [0.3, 0.4) is 0 Å².